The summed E-state index contributed by atoms with van der Waals surface area (Å²) in [4.78, 5) is 15.8. The topological polar surface area (TPSA) is 72.3 Å². The molecule has 0 spiro atoms. The number of carbonyl (C=O) groups excluding carboxylic acids is 1. The smallest absolute Gasteiger partial charge is 0.238 e. The van der Waals surface area contributed by atoms with Crippen molar-refractivity contribution in [3.8, 4) is 17.1 Å². The first-order chi connectivity index (χ1) is 16.1. The SMILES string of the molecule is COc1ccc([C@@H]2Nn3c(nnc3-c3ccccc3)S[C@@H]2C(=O)N2CCCC[C@H]2C)cc1Cl. The van der Waals surface area contributed by atoms with Gasteiger partial charge in [0.15, 0.2) is 5.82 Å². The fraction of sp³-hybridized carbons (Fsp3) is 0.375. The molecule has 3 aromatic rings. The second-order valence-corrected chi connectivity index (χ2v) is 9.94. The minimum Gasteiger partial charge on any atom is -0.495 e. The highest BCUT2D eigenvalue weighted by Crippen LogP contribution is 2.41. The number of methoxy groups -OCH3 is 1. The van der Waals surface area contributed by atoms with E-state index in [0.29, 0.717) is 21.8 Å². The van der Waals surface area contributed by atoms with E-state index in [0.717, 1.165) is 36.9 Å². The van der Waals surface area contributed by atoms with Crippen molar-refractivity contribution >= 4 is 29.3 Å². The van der Waals surface area contributed by atoms with E-state index in [1.165, 1.54) is 11.8 Å². The summed E-state index contributed by atoms with van der Waals surface area (Å²) in [5.74, 6) is 1.43. The molecule has 172 valence electrons. The van der Waals surface area contributed by atoms with Gasteiger partial charge in [0, 0.05) is 18.2 Å². The van der Waals surface area contributed by atoms with Crippen LogP contribution < -0.4 is 10.2 Å². The molecule has 3 heterocycles. The molecule has 1 saturated heterocycles. The Morgan fingerprint density at radius 2 is 2.00 bits per heavy atom. The maximum Gasteiger partial charge on any atom is 0.238 e. The standard InChI is InChI=1S/C24H26ClN5O2S/c1-15-8-6-7-13-29(15)23(31)21-20(17-11-12-19(32-2)18(25)14-17)28-30-22(26-27-24(30)33-21)16-9-4-3-5-10-16/h3-5,9-12,14-15,20-21,28H,6-8,13H2,1-2H3/t15-,20+,21+/m1/s1. The molecule has 2 aliphatic rings. The highest BCUT2D eigenvalue weighted by Gasteiger charge is 2.41. The molecule has 0 aliphatic carbocycles. The fourth-order valence-corrected chi connectivity index (χ4v) is 5.95. The zero-order chi connectivity index (χ0) is 22.9. The highest BCUT2D eigenvalue weighted by atomic mass is 35.5. The lowest BCUT2D eigenvalue weighted by Gasteiger charge is -2.39. The maximum absolute atomic E-state index is 13.8. The van der Waals surface area contributed by atoms with Crippen LogP contribution in [0, 0.1) is 0 Å². The Morgan fingerprint density at radius 1 is 1.18 bits per heavy atom. The number of amides is 1. The number of halogens is 1. The van der Waals surface area contributed by atoms with Crippen molar-refractivity contribution in [2.75, 3.05) is 19.1 Å². The Labute approximate surface area is 202 Å². The molecule has 7 nitrogen and oxygen atoms in total. The number of ether oxygens (including phenoxy) is 1. The number of nitrogens with zero attached hydrogens (tertiary/aromatic N) is 4. The van der Waals surface area contributed by atoms with Crippen LogP contribution in [0.2, 0.25) is 5.02 Å². The van der Waals surface area contributed by atoms with Crippen molar-refractivity contribution in [1.29, 1.82) is 0 Å². The van der Waals surface area contributed by atoms with E-state index in [-0.39, 0.29) is 18.0 Å². The van der Waals surface area contributed by atoms with Crippen LogP contribution in [0.4, 0.5) is 0 Å². The third-order valence-corrected chi connectivity index (χ3v) is 7.83. The van der Waals surface area contributed by atoms with Gasteiger partial charge in [0.25, 0.3) is 0 Å². The molecular weight excluding hydrogens is 458 g/mol. The number of aromatic nitrogens is 3. The van der Waals surface area contributed by atoms with Gasteiger partial charge in [-0.2, -0.15) is 0 Å². The quantitative estimate of drug-likeness (QED) is 0.576. The summed E-state index contributed by atoms with van der Waals surface area (Å²) in [6, 6.07) is 15.5. The van der Waals surface area contributed by atoms with Gasteiger partial charge in [-0.05, 0) is 43.9 Å². The predicted molar refractivity (Wildman–Crippen MR) is 130 cm³/mol. The Hall–Kier alpha value is -2.71. The molecular formula is C24H26ClN5O2S. The summed E-state index contributed by atoms with van der Waals surface area (Å²) < 4.78 is 7.21. The summed E-state index contributed by atoms with van der Waals surface area (Å²) in [5, 5.41) is 9.61. The Kier molecular flexibility index (Phi) is 6.21. The van der Waals surface area contributed by atoms with Crippen LogP contribution in [0.5, 0.6) is 5.75 Å². The van der Waals surface area contributed by atoms with Gasteiger partial charge in [-0.15, -0.1) is 10.2 Å². The summed E-state index contributed by atoms with van der Waals surface area (Å²) in [6.07, 6.45) is 3.23. The maximum atomic E-state index is 13.8. The first-order valence-electron chi connectivity index (χ1n) is 11.1. The van der Waals surface area contributed by atoms with E-state index < -0.39 is 5.25 Å². The van der Waals surface area contributed by atoms with Gasteiger partial charge in [-0.25, -0.2) is 4.68 Å². The molecule has 33 heavy (non-hydrogen) atoms. The molecule has 2 aliphatic heterocycles. The van der Waals surface area contributed by atoms with Crippen molar-refractivity contribution in [3.63, 3.8) is 0 Å². The zero-order valence-electron chi connectivity index (χ0n) is 18.6. The van der Waals surface area contributed by atoms with Crippen molar-refractivity contribution < 1.29 is 9.53 Å². The number of hydrogen-bond acceptors (Lipinski definition) is 6. The molecule has 0 bridgehead atoms. The van der Waals surface area contributed by atoms with Gasteiger partial charge in [0.05, 0.1) is 18.2 Å². The minimum atomic E-state index is -0.393. The molecule has 1 amide bonds. The average Bonchev–Trinajstić information content (AvgIpc) is 3.26. The zero-order valence-corrected chi connectivity index (χ0v) is 20.1. The predicted octanol–water partition coefficient (Wildman–Crippen LogP) is 4.77. The van der Waals surface area contributed by atoms with E-state index in [1.54, 1.807) is 7.11 Å². The number of thioether (sulfide) groups is 1. The van der Waals surface area contributed by atoms with Gasteiger partial charge in [-0.3, -0.25) is 4.79 Å². The molecule has 1 fully saturated rings. The fourth-order valence-electron chi connectivity index (χ4n) is 4.53. The van der Waals surface area contributed by atoms with Crippen LogP contribution in [-0.4, -0.2) is 50.6 Å². The van der Waals surface area contributed by atoms with E-state index in [4.69, 9.17) is 16.3 Å². The van der Waals surface area contributed by atoms with Gasteiger partial charge < -0.3 is 15.1 Å². The number of likely N-dealkylation sites (tertiary alicyclic amines) is 1. The molecule has 0 saturated carbocycles. The summed E-state index contributed by atoms with van der Waals surface area (Å²) >= 11 is 7.92. The molecule has 0 unspecified atom stereocenters. The number of carbonyl (C=O) groups is 1. The Balaban J connectivity index is 1.55. The molecule has 0 radical (unpaired) electrons. The second-order valence-electron chi connectivity index (χ2n) is 8.42. The summed E-state index contributed by atoms with van der Waals surface area (Å²) in [7, 11) is 1.59. The Bertz CT molecular complexity index is 1160. The van der Waals surface area contributed by atoms with Crippen LogP contribution in [-0.2, 0) is 4.79 Å². The lowest BCUT2D eigenvalue weighted by molar-refractivity contribution is -0.134. The Morgan fingerprint density at radius 3 is 2.73 bits per heavy atom. The first-order valence-corrected chi connectivity index (χ1v) is 12.4. The molecule has 9 heteroatoms. The second kappa shape index (κ2) is 9.27. The van der Waals surface area contributed by atoms with Gasteiger partial charge in [0.2, 0.25) is 11.1 Å². The molecule has 1 aromatic heterocycles. The first kappa shape index (κ1) is 22.1. The van der Waals surface area contributed by atoms with Crippen LogP contribution in [0.3, 0.4) is 0 Å². The highest BCUT2D eigenvalue weighted by molar-refractivity contribution is 8.00. The van der Waals surface area contributed by atoms with Crippen LogP contribution in [0.15, 0.2) is 53.7 Å². The van der Waals surface area contributed by atoms with Crippen molar-refractivity contribution in [3.05, 3.63) is 59.1 Å². The van der Waals surface area contributed by atoms with Crippen LogP contribution >= 0.6 is 23.4 Å². The average molecular weight is 484 g/mol. The van der Waals surface area contributed by atoms with Gasteiger partial charge in [0.1, 0.15) is 11.0 Å². The lowest BCUT2D eigenvalue weighted by atomic mass is 9.99. The third-order valence-electron chi connectivity index (χ3n) is 6.33. The number of rotatable bonds is 4. The third kappa shape index (κ3) is 4.17. The van der Waals surface area contributed by atoms with Crippen LogP contribution in [0.25, 0.3) is 11.4 Å². The van der Waals surface area contributed by atoms with E-state index in [1.807, 2.05) is 58.1 Å². The molecule has 5 rings (SSSR count). The number of fused-ring (bicyclic) bond motifs is 1. The normalized spacial score (nSPS) is 22.4. The monoisotopic (exact) mass is 483 g/mol. The van der Waals surface area contributed by atoms with E-state index >= 15 is 0 Å². The van der Waals surface area contributed by atoms with Crippen molar-refractivity contribution in [2.24, 2.45) is 0 Å². The number of piperidine rings is 1. The van der Waals surface area contributed by atoms with E-state index in [2.05, 4.69) is 22.5 Å². The van der Waals surface area contributed by atoms with Gasteiger partial charge >= 0.3 is 0 Å². The molecule has 3 atom stereocenters. The largest absolute Gasteiger partial charge is 0.495 e. The van der Waals surface area contributed by atoms with Crippen molar-refractivity contribution in [2.45, 2.75) is 48.7 Å². The lowest BCUT2D eigenvalue weighted by Crippen LogP contribution is -2.50. The summed E-state index contributed by atoms with van der Waals surface area (Å²) in [5.41, 5.74) is 5.39. The minimum absolute atomic E-state index is 0.118. The van der Waals surface area contributed by atoms with Gasteiger partial charge in [-0.1, -0.05) is 59.8 Å². The molecule has 2 aromatic carbocycles. The van der Waals surface area contributed by atoms with Crippen LogP contribution in [0.1, 0.15) is 37.8 Å². The summed E-state index contributed by atoms with van der Waals surface area (Å²) in [6.45, 7) is 2.92. The number of benzene rings is 2. The molecule has 1 N–H and O–H groups in total. The number of nitrogens with one attached hydrogen (secondary N) is 1. The van der Waals surface area contributed by atoms with Crippen molar-refractivity contribution in [1.82, 2.24) is 19.8 Å². The number of hydrogen-bond donors (Lipinski definition) is 1. The van der Waals surface area contributed by atoms with E-state index in [9.17, 15) is 4.79 Å².